The van der Waals surface area contributed by atoms with Crippen molar-refractivity contribution in [3.63, 3.8) is 0 Å². The Balaban J connectivity index is 1.90. The van der Waals surface area contributed by atoms with Crippen LogP contribution in [-0.2, 0) is 16.3 Å². The van der Waals surface area contributed by atoms with E-state index in [2.05, 4.69) is 0 Å². The lowest BCUT2D eigenvalue weighted by atomic mass is 9.82. The Morgan fingerprint density at radius 1 is 1.37 bits per heavy atom. The molecule has 1 aromatic rings. The third-order valence-electron chi connectivity index (χ3n) is 4.35. The van der Waals surface area contributed by atoms with Gasteiger partial charge in [0.15, 0.2) is 9.84 Å². The Hall–Kier alpha value is -0.580. The van der Waals surface area contributed by atoms with Crippen molar-refractivity contribution < 1.29 is 13.5 Å². The third-order valence-corrected chi connectivity index (χ3v) is 7.00. The van der Waals surface area contributed by atoms with E-state index in [-0.39, 0.29) is 5.75 Å². The van der Waals surface area contributed by atoms with Crippen LogP contribution in [0.2, 0.25) is 5.02 Å². The lowest BCUT2D eigenvalue weighted by Crippen LogP contribution is -2.44. The van der Waals surface area contributed by atoms with Gasteiger partial charge in [-0.3, -0.25) is 0 Å². The highest BCUT2D eigenvalue weighted by Gasteiger charge is 2.43. The molecule has 1 atom stereocenters. The lowest BCUT2D eigenvalue weighted by Gasteiger charge is -2.36. The number of benzene rings is 1. The van der Waals surface area contributed by atoms with Gasteiger partial charge in [-0.2, -0.15) is 0 Å². The minimum Gasteiger partial charge on any atom is -0.389 e. The summed E-state index contributed by atoms with van der Waals surface area (Å²) in [4.78, 5) is 0. The molecule has 1 fully saturated rings. The van der Waals surface area contributed by atoms with Crippen LogP contribution in [-0.4, -0.2) is 24.9 Å². The average Bonchev–Trinajstić information content (AvgIpc) is 2.72. The molecule has 0 heterocycles. The molecule has 5 heteroatoms. The van der Waals surface area contributed by atoms with Gasteiger partial charge in [0.25, 0.3) is 0 Å². The van der Waals surface area contributed by atoms with Crippen molar-refractivity contribution in [2.75, 3.05) is 5.75 Å². The van der Waals surface area contributed by atoms with Gasteiger partial charge in [-0.05, 0) is 49.3 Å². The maximum Gasteiger partial charge on any atom is 0.160 e. The highest BCUT2D eigenvalue weighted by molar-refractivity contribution is 7.91. The minimum atomic E-state index is -3.32. The summed E-state index contributed by atoms with van der Waals surface area (Å²) in [6.45, 7) is 0. The molecule has 0 aliphatic heterocycles. The number of hydrogen-bond acceptors (Lipinski definition) is 3. The maximum absolute atomic E-state index is 12.5. The second kappa shape index (κ2) is 4.47. The SMILES string of the molecule is O=S(=O)(CC1(O)CCC1)C1CCc2c(Cl)cccc21. The Labute approximate surface area is 118 Å². The smallest absolute Gasteiger partial charge is 0.160 e. The molecule has 1 aromatic carbocycles. The van der Waals surface area contributed by atoms with Crippen LogP contribution >= 0.6 is 11.6 Å². The molecule has 0 saturated heterocycles. The molecule has 1 unspecified atom stereocenters. The van der Waals surface area contributed by atoms with Crippen LogP contribution in [0.15, 0.2) is 18.2 Å². The van der Waals surface area contributed by atoms with E-state index in [9.17, 15) is 13.5 Å². The standard InChI is InChI=1S/C14H17ClO3S/c15-12-4-1-3-11-10(12)5-6-13(11)19(17,18)9-14(16)7-2-8-14/h1,3-4,13,16H,2,5-9H2. The summed E-state index contributed by atoms with van der Waals surface area (Å²) in [5.41, 5.74) is 0.800. The normalized spacial score (nSPS) is 24.8. The first kappa shape index (κ1) is 13.4. The average molecular weight is 301 g/mol. The molecule has 2 aliphatic rings. The Morgan fingerprint density at radius 3 is 2.74 bits per heavy atom. The van der Waals surface area contributed by atoms with Gasteiger partial charge in [0.1, 0.15) is 0 Å². The lowest BCUT2D eigenvalue weighted by molar-refractivity contribution is -0.0115. The maximum atomic E-state index is 12.5. The minimum absolute atomic E-state index is 0.114. The summed E-state index contributed by atoms with van der Waals surface area (Å²) in [6, 6.07) is 5.45. The van der Waals surface area contributed by atoms with Crippen LogP contribution in [0.1, 0.15) is 42.1 Å². The molecule has 0 aromatic heterocycles. The van der Waals surface area contributed by atoms with Gasteiger partial charge in [-0.15, -0.1) is 0 Å². The van der Waals surface area contributed by atoms with Crippen LogP contribution in [0, 0.1) is 0 Å². The predicted octanol–water partition coefficient (Wildman–Crippen LogP) is 2.66. The second-order valence-electron chi connectivity index (χ2n) is 5.72. The van der Waals surface area contributed by atoms with Crippen molar-refractivity contribution in [3.05, 3.63) is 34.3 Å². The van der Waals surface area contributed by atoms with Crippen molar-refractivity contribution >= 4 is 21.4 Å². The first-order valence-electron chi connectivity index (χ1n) is 6.63. The molecule has 104 valence electrons. The predicted molar refractivity (Wildman–Crippen MR) is 75.1 cm³/mol. The van der Waals surface area contributed by atoms with Gasteiger partial charge < -0.3 is 5.11 Å². The monoisotopic (exact) mass is 300 g/mol. The molecule has 0 bridgehead atoms. The van der Waals surface area contributed by atoms with Gasteiger partial charge in [-0.1, -0.05) is 23.7 Å². The van der Waals surface area contributed by atoms with Crippen molar-refractivity contribution in [1.29, 1.82) is 0 Å². The number of rotatable bonds is 3. The van der Waals surface area contributed by atoms with Crippen molar-refractivity contribution in [3.8, 4) is 0 Å². The van der Waals surface area contributed by atoms with Crippen molar-refractivity contribution in [2.24, 2.45) is 0 Å². The molecule has 19 heavy (non-hydrogen) atoms. The van der Waals surface area contributed by atoms with Crippen LogP contribution in [0.3, 0.4) is 0 Å². The molecule has 2 aliphatic carbocycles. The van der Waals surface area contributed by atoms with E-state index in [1.807, 2.05) is 6.07 Å². The highest BCUT2D eigenvalue weighted by atomic mass is 35.5. The number of hydrogen-bond donors (Lipinski definition) is 1. The summed E-state index contributed by atoms with van der Waals surface area (Å²) in [7, 11) is -3.32. The summed E-state index contributed by atoms with van der Waals surface area (Å²) < 4.78 is 25.0. The first-order chi connectivity index (χ1) is 8.91. The summed E-state index contributed by atoms with van der Waals surface area (Å²) >= 11 is 6.11. The fourth-order valence-electron chi connectivity index (χ4n) is 3.15. The fourth-order valence-corrected chi connectivity index (χ4v) is 5.75. The largest absolute Gasteiger partial charge is 0.389 e. The zero-order valence-corrected chi connectivity index (χ0v) is 12.2. The first-order valence-corrected chi connectivity index (χ1v) is 8.72. The molecule has 0 amide bonds. The van der Waals surface area contributed by atoms with E-state index in [1.54, 1.807) is 12.1 Å². The van der Waals surface area contributed by atoms with Gasteiger partial charge in [0, 0.05) is 5.02 Å². The molecule has 3 nitrogen and oxygen atoms in total. The van der Waals surface area contributed by atoms with Crippen molar-refractivity contribution in [2.45, 2.75) is 43.0 Å². The zero-order chi connectivity index (χ0) is 13.7. The quantitative estimate of drug-likeness (QED) is 0.933. The molecular weight excluding hydrogens is 284 g/mol. The third kappa shape index (κ3) is 2.30. The number of fused-ring (bicyclic) bond motifs is 1. The van der Waals surface area contributed by atoms with Crippen LogP contribution < -0.4 is 0 Å². The summed E-state index contributed by atoms with van der Waals surface area (Å²) in [6.07, 6.45) is 3.40. The summed E-state index contributed by atoms with van der Waals surface area (Å²) in [5, 5.41) is 10.3. The van der Waals surface area contributed by atoms with Crippen LogP contribution in [0.4, 0.5) is 0 Å². The Kier molecular flexibility index (Phi) is 3.15. The van der Waals surface area contributed by atoms with Crippen molar-refractivity contribution in [1.82, 2.24) is 0 Å². The van der Waals surface area contributed by atoms with E-state index < -0.39 is 20.7 Å². The van der Waals surface area contributed by atoms with Gasteiger partial charge in [0.05, 0.1) is 16.6 Å². The van der Waals surface area contributed by atoms with E-state index in [1.165, 1.54) is 0 Å². The number of sulfone groups is 1. The van der Waals surface area contributed by atoms with Gasteiger partial charge in [-0.25, -0.2) is 8.42 Å². The molecule has 0 spiro atoms. The summed E-state index contributed by atoms with van der Waals surface area (Å²) in [5.74, 6) is -0.114. The van der Waals surface area contributed by atoms with E-state index >= 15 is 0 Å². The van der Waals surface area contributed by atoms with E-state index in [0.717, 1.165) is 17.5 Å². The number of aliphatic hydroxyl groups is 1. The Bertz CT molecular complexity index is 605. The highest BCUT2D eigenvalue weighted by Crippen LogP contribution is 2.43. The van der Waals surface area contributed by atoms with Gasteiger partial charge in [0.2, 0.25) is 0 Å². The molecule has 1 N–H and O–H groups in total. The van der Waals surface area contributed by atoms with E-state index in [4.69, 9.17) is 11.6 Å². The molecule has 3 rings (SSSR count). The van der Waals surface area contributed by atoms with Gasteiger partial charge >= 0.3 is 0 Å². The van der Waals surface area contributed by atoms with Crippen LogP contribution in [0.25, 0.3) is 0 Å². The zero-order valence-electron chi connectivity index (χ0n) is 10.6. The molecular formula is C14H17ClO3S. The topological polar surface area (TPSA) is 54.4 Å². The van der Waals surface area contributed by atoms with Crippen LogP contribution in [0.5, 0.6) is 0 Å². The Morgan fingerprint density at radius 2 is 2.11 bits per heavy atom. The fraction of sp³-hybridized carbons (Fsp3) is 0.571. The second-order valence-corrected chi connectivity index (χ2v) is 8.31. The molecule has 0 radical (unpaired) electrons. The molecule has 1 saturated carbocycles. The van der Waals surface area contributed by atoms with E-state index in [0.29, 0.717) is 30.7 Å². The number of halogens is 1.